The summed E-state index contributed by atoms with van der Waals surface area (Å²) in [5.41, 5.74) is 5.96. The Bertz CT molecular complexity index is 1240. The lowest BCUT2D eigenvalue weighted by atomic mass is 9.69. The number of aryl methyl sites for hydroxylation is 1. The van der Waals surface area contributed by atoms with Gasteiger partial charge in [0.25, 0.3) is 0 Å². The van der Waals surface area contributed by atoms with Crippen LogP contribution < -0.4 is 10.1 Å². The predicted molar refractivity (Wildman–Crippen MR) is 136 cm³/mol. The molecule has 2 aliphatic rings. The van der Waals surface area contributed by atoms with Gasteiger partial charge in [-0.15, -0.1) is 0 Å². The number of anilines is 1. The molecule has 2 aromatic carbocycles. The van der Waals surface area contributed by atoms with Crippen LogP contribution in [-0.4, -0.2) is 22.2 Å². The van der Waals surface area contributed by atoms with Crippen LogP contribution in [0.2, 0.25) is 0 Å². The van der Waals surface area contributed by atoms with Crippen LogP contribution in [0.4, 0.5) is 5.82 Å². The summed E-state index contributed by atoms with van der Waals surface area (Å²) in [5, 5.41) is 8.57. The first-order chi connectivity index (χ1) is 16.4. The molecule has 1 N–H and O–H groups in total. The fourth-order valence-electron chi connectivity index (χ4n) is 5.25. The third-order valence-electron chi connectivity index (χ3n) is 6.85. The maximum atomic E-state index is 13.5. The van der Waals surface area contributed by atoms with Gasteiger partial charge < -0.3 is 10.1 Å². The topological polar surface area (TPSA) is 56.1 Å². The number of carbonyl (C=O) groups is 1. The zero-order valence-electron chi connectivity index (χ0n) is 20.5. The van der Waals surface area contributed by atoms with Gasteiger partial charge in [-0.1, -0.05) is 57.5 Å². The van der Waals surface area contributed by atoms with Gasteiger partial charge in [0.1, 0.15) is 11.6 Å². The van der Waals surface area contributed by atoms with E-state index in [2.05, 4.69) is 50.4 Å². The summed E-state index contributed by atoms with van der Waals surface area (Å²) in [6.45, 7) is 9.26. The number of allylic oxidation sites excluding steroid dienone is 2. The van der Waals surface area contributed by atoms with Gasteiger partial charge in [-0.05, 0) is 55.0 Å². The van der Waals surface area contributed by atoms with Gasteiger partial charge in [0.15, 0.2) is 5.78 Å². The maximum absolute atomic E-state index is 13.5. The Hall–Kier alpha value is -3.34. The largest absolute Gasteiger partial charge is 0.494 e. The second-order valence-corrected chi connectivity index (χ2v) is 10.3. The Balaban J connectivity index is 1.63. The lowest BCUT2D eigenvalue weighted by Gasteiger charge is -2.38. The van der Waals surface area contributed by atoms with Crippen molar-refractivity contribution in [1.82, 2.24) is 9.78 Å². The van der Waals surface area contributed by atoms with Gasteiger partial charge in [-0.2, -0.15) is 5.10 Å². The van der Waals surface area contributed by atoms with E-state index in [9.17, 15) is 4.79 Å². The molecule has 1 aliphatic heterocycles. The summed E-state index contributed by atoms with van der Waals surface area (Å²) in [5.74, 6) is 1.91. The van der Waals surface area contributed by atoms with Crippen LogP contribution in [0.15, 0.2) is 65.9 Å². The number of hydrogen-bond donors (Lipinski definition) is 1. The molecule has 5 nitrogen and oxygen atoms in total. The summed E-state index contributed by atoms with van der Waals surface area (Å²) in [6.07, 6.45) is 3.54. The highest BCUT2D eigenvalue weighted by molar-refractivity contribution is 6.01. The van der Waals surface area contributed by atoms with Crippen molar-refractivity contribution in [3.63, 3.8) is 0 Å². The van der Waals surface area contributed by atoms with E-state index in [1.54, 1.807) is 0 Å². The SMILES string of the molecule is CCCCOc1ccc([C@@H]2C3=C(CC(C)(C)CC3=O)Nc3c2c(C)nn3-c2ccccc2)cc1. The normalized spacial score (nSPS) is 18.8. The number of nitrogens with one attached hydrogen (secondary N) is 1. The molecule has 0 bridgehead atoms. The second kappa shape index (κ2) is 8.79. The summed E-state index contributed by atoms with van der Waals surface area (Å²) in [6, 6.07) is 18.5. The number of carbonyl (C=O) groups excluding carboxylic acids is 1. The molecular formula is C29H33N3O2. The number of ketones is 1. The first kappa shape index (κ1) is 22.5. The van der Waals surface area contributed by atoms with Crippen LogP contribution in [0.25, 0.3) is 5.69 Å². The molecule has 5 rings (SSSR count). The van der Waals surface area contributed by atoms with Crippen molar-refractivity contribution in [3.05, 3.63) is 82.7 Å². The summed E-state index contributed by atoms with van der Waals surface area (Å²) in [7, 11) is 0. The fraction of sp³-hybridized carbons (Fsp3) is 0.379. The number of rotatable bonds is 6. The molecule has 0 spiro atoms. The molecule has 2 heterocycles. The minimum Gasteiger partial charge on any atom is -0.494 e. The maximum Gasteiger partial charge on any atom is 0.162 e. The highest BCUT2D eigenvalue weighted by Crippen LogP contribution is 2.50. The van der Waals surface area contributed by atoms with Crippen LogP contribution >= 0.6 is 0 Å². The average molecular weight is 456 g/mol. The van der Waals surface area contributed by atoms with E-state index in [0.717, 1.165) is 71.2 Å². The smallest absolute Gasteiger partial charge is 0.162 e. The van der Waals surface area contributed by atoms with Gasteiger partial charge in [0.2, 0.25) is 0 Å². The molecule has 0 amide bonds. The van der Waals surface area contributed by atoms with E-state index in [1.165, 1.54) is 0 Å². The van der Waals surface area contributed by atoms with Gasteiger partial charge in [0.05, 0.1) is 18.0 Å². The summed E-state index contributed by atoms with van der Waals surface area (Å²) < 4.78 is 7.87. The molecule has 1 aliphatic carbocycles. The third kappa shape index (κ3) is 4.04. The van der Waals surface area contributed by atoms with Crippen molar-refractivity contribution < 1.29 is 9.53 Å². The van der Waals surface area contributed by atoms with E-state index >= 15 is 0 Å². The quantitative estimate of drug-likeness (QED) is 0.428. The molecule has 0 saturated carbocycles. The van der Waals surface area contributed by atoms with E-state index in [-0.39, 0.29) is 17.1 Å². The van der Waals surface area contributed by atoms with Crippen LogP contribution in [-0.2, 0) is 4.79 Å². The van der Waals surface area contributed by atoms with Crippen molar-refractivity contribution in [2.75, 3.05) is 11.9 Å². The van der Waals surface area contributed by atoms with Crippen molar-refractivity contribution in [3.8, 4) is 11.4 Å². The molecule has 1 atom stereocenters. The first-order valence-corrected chi connectivity index (χ1v) is 12.3. The highest BCUT2D eigenvalue weighted by Gasteiger charge is 2.42. The minimum atomic E-state index is -0.142. The molecule has 0 radical (unpaired) electrons. The zero-order valence-corrected chi connectivity index (χ0v) is 20.5. The van der Waals surface area contributed by atoms with E-state index < -0.39 is 0 Å². The summed E-state index contributed by atoms with van der Waals surface area (Å²) >= 11 is 0. The Kier molecular flexibility index (Phi) is 5.80. The molecule has 176 valence electrons. The molecule has 34 heavy (non-hydrogen) atoms. The lowest BCUT2D eigenvalue weighted by Crippen LogP contribution is -2.34. The van der Waals surface area contributed by atoms with Gasteiger partial charge >= 0.3 is 0 Å². The van der Waals surface area contributed by atoms with Crippen LogP contribution in [0.5, 0.6) is 5.75 Å². The number of ether oxygens (including phenoxy) is 1. The molecule has 0 saturated heterocycles. The fourth-order valence-corrected chi connectivity index (χ4v) is 5.25. The van der Waals surface area contributed by atoms with E-state index in [0.29, 0.717) is 6.42 Å². The first-order valence-electron chi connectivity index (χ1n) is 12.3. The lowest BCUT2D eigenvalue weighted by molar-refractivity contribution is -0.118. The Morgan fingerprint density at radius 2 is 1.82 bits per heavy atom. The predicted octanol–water partition coefficient (Wildman–Crippen LogP) is 6.56. The standard InChI is InChI=1S/C29H33N3O2/c1-5-6-16-34-22-14-12-20(13-15-22)26-25-19(2)31-32(21-10-8-7-9-11-21)28(25)30-23-17-29(3,4)18-24(33)27(23)26/h7-15,26,30H,5-6,16-18H2,1-4H3/t26-/m0/s1. The second-order valence-electron chi connectivity index (χ2n) is 10.3. The van der Waals surface area contributed by atoms with Gasteiger partial charge in [-0.25, -0.2) is 4.68 Å². The number of benzene rings is 2. The van der Waals surface area contributed by atoms with E-state index in [1.807, 2.05) is 41.9 Å². The summed E-state index contributed by atoms with van der Waals surface area (Å²) in [4.78, 5) is 13.5. The molecule has 5 heteroatoms. The van der Waals surface area contributed by atoms with Crippen molar-refractivity contribution in [2.45, 2.75) is 59.3 Å². The van der Waals surface area contributed by atoms with Gasteiger partial charge in [0, 0.05) is 29.2 Å². The molecule has 3 aromatic rings. The average Bonchev–Trinajstić information content (AvgIpc) is 3.14. The minimum absolute atomic E-state index is 0.0748. The van der Waals surface area contributed by atoms with Crippen molar-refractivity contribution in [2.24, 2.45) is 5.41 Å². The molecule has 1 aromatic heterocycles. The highest BCUT2D eigenvalue weighted by atomic mass is 16.5. The van der Waals surface area contributed by atoms with Gasteiger partial charge in [-0.3, -0.25) is 4.79 Å². The van der Waals surface area contributed by atoms with Crippen molar-refractivity contribution >= 4 is 11.6 Å². The van der Waals surface area contributed by atoms with E-state index in [4.69, 9.17) is 9.84 Å². The number of hydrogen-bond acceptors (Lipinski definition) is 4. The molecule has 0 unspecified atom stereocenters. The molecular weight excluding hydrogens is 422 g/mol. The zero-order chi connectivity index (χ0) is 23.9. The number of aromatic nitrogens is 2. The number of nitrogens with zero attached hydrogens (tertiary/aromatic N) is 2. The number of Topliss-reactive ketones (excluding diaryl/α,β-unsaturated/α-hetero) is 1. The Morgan fingerprint density at radius 1 is 1.09 bits per heavy atom. The van der Waals surface area contributed by atoms with Crippen LogP contribution in [0.3, 0.4) is 0 Å². The molecule has 0 fully saturated rings. The van der Waals surface area contributed by atoms with Crippen LogP contribution in [0.1, 0.15) is 69.2 Å². The number of para-hydroxylation sites is 1. The number of unbranched alkanes of at least 4 members (excludes halogenated alkanes) is 1. The van der Waals surface area contributed by atoms with Crippen molar-refractivity contribution in [1.29, 1.82) is 0 Å². The number of fused-ring (bicyclic) bond motifs is 1. The van der Waals surface area contributed by atoms with Crippen LogP contribution in [0, 0.1) is 12.3 Å². The Labute approximate surface area is 201 Å². The third-order valence-corrected chi connectivity index (χ3v) is 6.85. The monoisotopic (exact) mass is 455 g/mol. The Morgan fingerprint density at radius 3 is 2.53 bits per heavy atom.